The Labute approximate surface area is 224 Å². The molecule has 1 aliphatic rings. The van der Waals surface area contributed by atoms with Crippen molar-refractivity contribution in [2.45, 2.75) is 33.4 Å². The molecule has 2 aromatic carbocycles. The molecule has 1 aliphatic heterocycles. The Morgan fingerprint density at radius 1 is 1.15 bits per heavy atom. The van der Waals surface area contributed by atoms with Crippen LogP contribution < -0.4 is 9.47 Å². The van der Waals surface area contributed by atoms with Crippen molar-refractivity contribution in [3.63, 3.8) is 0 Å². The van der Waals surface area contributed by atoms with Crippen LogP contribution in [0.1, 0.15) is 31.9 Å². The van der Waals surface area contributed by atoms with Gasteiger partial charge in [-0.25, -0.2) is 4.79 Å². The van der Waals surface area contributed by atoms with Gasteiger partial charge in [-0.3, -0.25) is 14.5 Å². The molecule has 1 atom stereocenters. The Morgan fingerprint density at radius 3 is 2.50 bits per heavy atom. The molecular weight excluding hydrogens is 637 g/mol. The van der Waals surface area contributed by atoms with E-state index in [1.807, 2.05) is 31.2 Å². The maximum Gasteiger partial charge on any atom is 0.329 e. The van der Waals surface area contributed by atoms with Crippen molar-refractivity contribution in [3.05, 3.63) is 60.5 Å². The molecule has 1 heterocycles. The van der Waals surface area contributed by atoms with Crippen molar-refractivity contribution in [1.82, 2.24) is 4.90 Å². The lowest BCUT2D eigenvalue weighted by atomic mass is 10.1. The van der Waals surface area contributed by atoms with E-state index < -0.39 is 23.2 Å². The van der Waals surface area contributed by atoms with Crippen LogP contribution >= 0.6 is 50.3 Å². The normalized spacial score (nSPS) is 15.6. The Bertz CT molecular complexity index is 1120. The zero-order valence-electron chi connectivity index (χ0n) is 18.8. The smallest absolute Gasteiger partial charge is 0.329 e. The third kappa shape index (κ3) is 6.33. The molecule has 2 aromatic rings. The van der Waals surface area contributed by atoms with Gasteiger partial charge in [-0.1, -0.05) is 12.1 Å². The van der Waals surface area contributed by atoms with E-state index in [9.17, 15) is 14.4 Å². The highest BCUT2D eigenvalue weighted by molar-refractivity contribution is 14.1. The van der Waals surface area contributed by atoms with Crippen LogP contribution in [0.3, 0.4) is 0 Å². The zero-order valence-corrected chi connectivity index (χ0v) is 23.4. The number of hydrogen-bond donors (Lipinski definition) is 0. The van der Waals surface area contributed by atoms with Gasteiger partial charge in [0.2, 0.25) is 0 Å². The summed E-state index contributed by atoms with van der Waals surface area (Å²) in [6.45, 7) is 5.96. The molecule has 0 spiro atoms. The second-order valence-electron chi connectivity index (χ2n) is 7.16. The Morgan fingerprint density at radius 2 is 1.85 bits per heavy atom. The largest absolute Gasteiger partial charge is 0.490 e. The first-order valence-electron chi connectivity index (χ1n) is 10.5. The SMILES string of the molecule is CCOC(=O)[C@H](C)N1C(=O)S/C(=C/c2cc(Br)c(OCc3ccc(I)cc3)c(OCC)c2)C1=O. The van der Waals surface area contributed by atoms with Crippen molar-refractivity contribution < 1.29 is 28.6 Å². The fraction of sp³-hybridized carbons (Fsp3) is 0.292. The number of thioether (sulfide) groups is 1. The number of amides is 2. The number of nitrogens with zero attached hydrogens (tertiary/aromatic N) is 1. The highest BCUT2D eigenvalue weighted by Crippen LogP contribution is 2.40. The van der Waals surface area contributed by atoms with E-state index in [0.717, 1.165) is 25.8 Å². The molecule has 0 aromatic heterocycles. The van der Waals surface area contributed by atoms with Crippen molar-refractivity contribution >= 4 is 73.5 Å². The second kappa shape index (κ2) is 12.1. The minimum Gasteiger partial charge on any atom is -0.490 e. The second-order valence-corrected chi connectivity index (χ2v) is 10.3. The summed E-state index contributed by atoms with van der Waals surface area (Å²) in [5.74, 6) is -0.111. The van der Waals surface area contributed by atoms with E-state index in [0.29, 0.717) is 34.7 Å². The van der Waals surface area contributed by atoms with Crippen molar-refractivity contribution in [2.75, 3.05) is 13.2 Å². The minimum atomic E-state index is -0.999. The van der Waals surface area contributed by atoms with E-state index >= 15 is 0 Å². The Kier molecular flexibility index (Phi) is 9.43. The third-order valence-corrected chi connectivity index (χ3v) is 6.96. The molecule has 180 valence electrons. The van der Waals surface area contributed by atoms with Crippen LogP contribution in [-0.4, -0.2) is 41.3 Å². The quantitative estimate of drug-likeness (QED) is 0.185. The Hall–Kier alpha value is -2.05. The van der Waals surface area contributed by atoms with Gasteiger partial charge in [0, 0.05) is 3.57 Å². The lowest BCUT2D eigenvalue weighted by Crippen LogP contribution is -2.42. The number of esters is 1. The molecule has 1 fully saturated rings. The zero-order chi connectivity index (χ0) is 24.8. The minimum absolute atomic E-state index is 0.168. The summed E-state index contributed by atoms with van der Waals surface area (Å²) in [5.41, 5.74) is 1.66. The summed E-state index contributed by atoms with van der Waals surface area (Å²) < 4.78 is 18.5. The molecule has 0 unspecified atom stereocenters. The molecular formula is C24H23BrINO6S. The maximum absolute atomic E-state index is 12.9. The van der Waals surface area contributed by atoms with Gasteiger partial charge in [-0.2, -0.15) is 0 Å². The van der Waals surface area contributed by atoms with Crippen LogP contribution in [0.5, 0.6) is 11.5 Å². The Balaban J connectivity index is 1.84. The van der Waals surface area contributed by atoms with E-state index in [1.54, 1.807) is 25.1 Å². The molecule has 10 heteroatoms. The number of carbonyl (C=O) groups is 3. The fourth-order valence-corrected chi connectivity index (χ4v) is 4.99. The van der Waals surface area contributed by atoms with E-state index in [1.165, 1.54) is 6.92 Å². The number of ether oxygens (including phenoxy) is 3. The molecule has 0 N–H and O–H groups in total. The van der Waals surface area contributed by atoms with Crippen LogP contribution in [-0.2, 0) is 20.9 Å². The van der Waals surface area contributed by atoms with Crippen LogP contribution in [0.2, 0.25) is 0 Å². The number of benzene rings is 2. The summed E-state index contributed by atoms with van der Waals surface area (Å²) in [6, 6.07) is 10.6. The first-order valence-corrected chi connectivity index (χ1v) is 13.2. The van der Waals surface area contributed by atoms with E-state index in [-0.39, 0.29) is 11.5 Å². The van der Waals surface area contributed by atoms with E-state index in [2.05, 4.69) is 38.5 Å². The summed E-state index contributed by atoms with van der Waals surface area (Å²) in [5, 5.41) is -0.515. The van der Waals surface area contributed by atoms with Crippen LogP contribution in [0.4, 0.5) is 4.79 Å². The number of hydrogen-bond acceptors (Lipinski definition) is 7. The lowest BCUT2D eigenvalue weighted by Gasteiger charge is -2.19. The van der Waals surface area contributed by atoms with Gasteiger partial charge in [-0.15, -0.1) is 0 Å². The summed E-state index contributed by atoms with van der Waals surface area (Å²) >= 11 is 6.57. The fourth-order valence-electron chi connectivity index (χ4n) is 3.14. The number of imide groups is 1. The molecule has 7 nitrogen and oxygen atoms in total. The highest BCUT2D eigenvalue weighted by atomic mass is 127. The van der Waals surface area contributed by atoms with Gasteiger partial charge in [0.15, 0.2) is 11.5 Å². The summed E-state index contributed by atoms with van der Waals surface area (Å²) in [6.07, 6.45) is 1.60. The van der Waals surface area contributed by atoms with Gasteiger partial charge in [0.1, 0.15) is 12.6 Å². The first kappa shape index (κ1) is 26.6. The standard InChI is InChI=1S/C24H23BrINO6S/c1-4-31-19-11-16(10-18(25)21(19)33-13-15-6-8-17(26)9-7-15)12-20-22(28)27(24(30)34-20)14(3)23(29)32-5-2/h6-12,14H,4-5,13H2,1-3H3/b20-12+/t14-/m0/s1. The molecule has 2 amide bonds. The van der Waals surface area contributed by atoms with Gasteiger partial charge in [0.25, 0.3) is 11.1 Å². The predicted octanol–water partition coefficient (Wildman–Crippen LogP) is 6.02. The van der Waals surface area contributed by atoms with Crippen molar-refractivity contribution in [2.24, 2.45) is 0 Å². The molecule has 0 bridgehead atoms. The summed E-state index contributed by atoms with van der Waals surface area (Å²) in [7, 11) is 0. The molecule has 34 heavy (non-hydrogen) atoms. The molecule has 0 radical (unpaired) electrons. The lowest BCUT2D eigenvalue weighted by molar-refractivity contribution is -0.150. The molecule has 0 aliphatic carbocycles. The topological polar surface area (TPSA) is 82.1 Å². The van der Waals surface area contributed by atoms with Crippen molar-refractivity contribution in [1.29, 1.82) is 0 Å². The molecule has 3 rings (SSSR count). The van der Waals surface area contributed by atoms with Crippen LogP contribution in [0, 0.1) is 3.57 Å². The van der Waals surface area contributed by atoms with Gasteiger partial charge >= 0.3 is 5.97 Å². The molecule has 1 saturated heterocycles. The third-order valence-electron chi connectivity index (χ3n) is 4.76. The number of halogens is 2. The van der Waals surface area contributed by atoms with Gasteiger partial charge in [-0.05, 0) is 113 Å². The van der Waals surface area contributed by atoms with E-state index in [4.69, 9.17) is 14.2 Å². The summed E-state index contributed by atoms with van der Waals surface area (Å²) in [4.78, 5) is 38.5. The van der Waals surface area contributed by atoms with Crippen molar-refractivity contribution in [3.8, 4) is 11.5 Å². The average Bonchev–Trinajstić information content (AvgIpc) is 3.07. The highest BCUT2D eigenvalue weighted by Gasteiger charge is 2.41. The first-order chi connectivity index (χ1) is 16.2. The predicted molar refractivity (Wildman–Crippen MR) is 143 cm³/mol. The van der Waals surface area contributed by atoms with Gasteiger partial charge in [0.05, 0.1) is 22.6 Å². The van der Waals surface area contributed by atoms with Crippen LogP contribution in [0.25, 0.3) is 6.08 Å². The molecule has 0 saturated carbocycles. The van der Waals surface area contributed by atoms with Gasteiger partial charge < -0.3 is 14.2 Å². The average molecular weight is 660 g/mol. The maximum atomic E-state index is 12.9. The van der Waals surface area contributed by atoms with Crippen LogP contribution in [0.15, 0.2) is 45.8 Å². The number of rotatable bonds is 9. The number of carbonyl (C=O) groups excluding carboxylic acids is 3. The monoisotopic (exact) mass is 659 g/mol.